The Balaban J connectivity index is 2.37. The highest BCUT2D eigenvalue weighted by molar-refractivity contribution is 7.99. The molecule has 0 saturated heterocycles. The predicted octanol–water partition coefficient (Wildman–Crippen LogP) is -0.713. The van der Waals surface area contributed by atoms with Crippen molar-refractivity contribution < 1.29 is 4.79 Å². The lowest BCUT2D eigenvalue weighted by Crippen LogP contribution is -2.25. The van der Waals surface area contributed by atoms with Crippen LogP contribution in [0.15, 0.2) is 17.8 Å². The zero-order valence-electron chi connectivity index (χ0n) is 9.72. The molecule has 7 nitrogen and oxygen atoms in total. The van der Waals surface area contributed by atoms with E-state index < -0.39 is 0 Å². The summed E-state index contributed by atoms with van der Waals surface area (Å²) in [6.07, 6.45) is 1.64. The molecule has 17 heavy (non-hydrogen) atoms. The summed E-state index contributed by atoms with van der Waals surface area (Å²) < 4.78 is 1.67. The molecule has 8 heteroatoms. The highest BCUT2D eigenvalue weighted by Crippen LogP contribution is 2.12. The number of amides is 1. The Bertz CT molecular complexity index is 366. The van der Waals surface area contributed by atoms with Gasteiger partial charge in [-0.25, -0.2) is 4.68 Å². The van der Waals surface area contributed by atoms with E-state index in [1.54, 1.807) is 10.8 Å². The Morgan fingerprint density at radius 3 is 3.18 bits per heavy atom. The molecule has 0 aliphatic rings. The van der Waals surface area contributed by atoms with E-state index in [2.05, 4.69) is 32.7 Å². The van der Waals surface area contributed by atoms with Gasteiger partial charge in [0, 0.05) is 13.1 Å². The fourth-order valence-electron chi connectivity index (χ4n) is 1.03. The molecule has 0 fully saturated rings. The van der Waals surface area contributed by atoms with Gasteiger partial charge in [0.2, 0.25) is 11.1 Å². The van der Waals surface area contributed by atoms with E-state index in [1.807, 2.05) is 7.05 Å². The second-order valence-electron chi connectivity index (χ2n) is 3.17. The number of rotatable bonds is 8. The number of nitrogens with one attached hydrogen (secondary N) is 2. The molecule has 0 spiro atoms. The van der Waals surface area contributed by atoms with Gasteiger partial charge in [-0.3, -0.25) is 4.79 Å². The molecule has 0 bridgehead atoms. The van der Waals surface area contributed by atoms with Gasteiger partial charge >= 0.3 is 0 Å². The van der Waals surface area contributed by atoms with Crippen LogP contribution in [0.25, 0.3) is 0 Å². The summed E-state index contributed by atoms with van der Waals surface area (Å²) in [7, 11) is 1.86. The topological polar surface area (TPSA) is 84.7 Å². The number of thioether (sulfide) groups is 1. The average Bonchev–Trinajstić information content (AvgIpc) is 2.78. The molecule has 0 atom stereocenters. The fourth-order valence-corrected chi connectivity index (χ4v) is 1.76. The molecular formula is C9H16N6OS. The first-order valence-corrected chi connectivity index (χ1v) is 6.17. The summed E-state index contributed by atoms with van der Waals surface area (Å²) >= 11 is 1.32. The molecule has 0 saturated carbocycles. The van der Waals surface area contributed by atoms with Gasteiger partial charge in [-0.1, -0.05) is 17.8 Å². The molecule has 1 amide bonds. The fraction of sp³-hybridized carbons (Fsp3) is 0.556. The van der Waals surface area contributed by atoms with Crippen LogP contribution in [0.5, 0.6) is 0 Å². The maximum atomic E-state index is 11.4. The van der Waals surface area contributed by atoms with Gasteiger partial charge in [-0.15, -0.1) is 11.7 Å². The molecule has 0 radical (unpaired) electrons. The molecule has 1 aromatic rings. The molecule has 2 N–H and O–H groups in total. The van der Waals surface area contributed by atoms with Crippen LogP contribution >= 0.6 is 11.8 Å². The van der Waals surface area contributed by atoms with Gasteiger partial charge in [0.15, 0.2) is 0 Å². The van der Waals surface area contributed by atoms with Crippen LogP contribution in [-0.4, -0.2) is 52.0 Å². The highest BCUT2D eigenvalue weighted by atomic mass is 32.2. The molecule has 0 aromatic carbocycles. The van der Waals surface area contributed by atoms with Crippen LogP contribution in [0.3, 0.4) is 0 Å². The number of carbonyl (C=O) groups is 1. The van der Waals surface area contributed by atoms with Gasteiger partial charge < -0.3 is 10.6 Å². The van der Waals surface area contributed by atoms with Crippen molar-refractivity contribution in [2.45, 2.75) is 11.7 Å². The number of aromatic nitrogens is 4. The number of likely N-dealkylation sites (N-methyl/N-ethyl adjacent to an activating group) is 1. The number of hydrogen-bond acceptors (Lipinski definition) is 6. The lowest BCUT2D eigenvalue weighted by atomic mass is 10.6. The molecule has 1 aromatic heterocycles. The Morgan fingerprint density at radius 1 is 1.65 bits per heavy atom. The third kappa shape index (κ3) is 4.96. The largest absolute Gasteiger partial charge is 0.352 e. The predicted molar refractivity (Wildman–Crippen MR) is 65.7 cm³/mol. The summed E-state index contributed by atoms with van der Waals surface area (Å²) in [5, 5.41) is 17.6. The van der Waals surface area contributed by atoms with Crippen LogP contribution in [0.4, 0.5) is 0 Å². The van der Waals surface area contributed by atoms with Gasteiger partial charge in [0.25, 0.3) is 0 Å². The third-order valence-electron chi connectivity index (χ3n) is 1.85. The maximum absolute atomic E-state index is 11.4. The SMILES string of the molecule is C=CCNC(=O)CSc1nnnn1CCNC. The number of hydrogen-bond donors (Lipinski definition) is 2. The van der Waals surface area contributed by atoms with E-state index in [-0.39, 0.29) is 5.91 Å². The minimum absolute atomic E-state index is 0.0573. The van der Waals surface area contributed by atoms with E-state index in [9.17, 15) is 4.79 Å². The number of carbonyl (C=O) groups excluding carboxylic acids is 1. The van der Waals surface area contributed by atoms with Crippen molar-refractivity contribution in [3.63, 3.8) is 0 Å². The zero-order chi connectivity index (χ0) is 12.5. The molecule has 0 unspecified atom stereocenters. The van der Waals surface area contributed by atoms with Crippen LogP contribution in [-0.2, 0) is 11.3 Å². The zero-order valence-corrected chi connectivity index (χ0v) is 10.5. The van der Waals surface area contributed by atoms with Crippen LogP contribution < -0.4 is 10.6 Å². The standard InChI is InChI=1S/C9H16N6OS/c1-3-4-11-8(16)7-17-9-12-13-14-15(9)6-5-10-2/h3,10H,1,4-7H2,2H3,(H,11,16). The Hall–Kier alpha value is -1.41. The van der Waals surface area contributed by atoms with E-state index in [0.717, 1.165) is 6.54 Å². The first-order chi connectivity index (χ1) is 8.27. The number of nitrogens with zero attached hydrogens (tertiary/aromatic N) is 4. The summed E-state index contributed by atoms with van der Waals surface area (Å²) in [6.45, 7) is 5.46. The first-order valence-electron chi connectivity index (χ1n) is 5.19. The summed E-state index contributed by atoms with van der Waals surface area (Å²) in [5.41, 5.74) is 0. The van der Waals surface area contributed by atoms with Gasteiger partial charge in [0.05, 0.1) is 12.3 Å². The van der Waals surface area contributed by atoms with Crippen molar-refractivity contribution in [3.8, 4) is 0 Å². The maximum Gasteiger partial charge on any atom is 0.230 e. The van der Waals surface area contributed by atoms with Crippen molar-refractivity contribution in [3.05, 3.63) is 12.7 Å². The summed E-state index contributed by atoms with van der Waals surface area (Å²) in [6, 6.07) is 0. The van der Waals surface area contributed by atoms with Crippen LogP contribution in [0.2, 0.25) is 0 Å². The van der Waals surface area contributed by atoms with Gasteiger partial charge in [0.1, 0.15) is 0 Å². The van der Waals surface area contributed by atoms with Crippen molar-refractivity contribution >= 4 is 17.7 Å². The monoisotopic (exact) mass is 256 g/mol. The summed E-state index contributed by atoms with van der Waals surface area (Å²) in [5.74, 6) is 0.242. The lowest BCUT2D eigenvalue weighted by molar-refractivity contribution is -0.118. The molecule has 0 aliphatic heterocycles. The smallest absolute Gasteiger partial charge is 0.230 e. The van der Waals surface area contributed by atoms with Crippen LogP contribution in [0, 0.1) is 0 Å². The molecule has 0 aliphatic carbocycles. The van der Waals surface area contributed by atoms with E-state index in [1.165, 1.54) is 11.8 Å². The van der Waals surface area contributed by atoms with Gasteiger partial charge in [-0.05, 0) is 17.5 Å². The van der Waals surface area contributed by atoms with E-state index >= 15 is 0 Å². The quantitative estimate of drug-likeness (QED) is 0.472. The second-order valence-corrected chi connectivity index (χ2v) is 4.11. The number of tetrazole rings is 1. The van der Waals surface area contributed by atoms with Crippen molar-refractivity contribution in [2.24, 2.45) is 0 Å². The van der Waals surface area contributed by atoms with Gasteiger partial charge in [-0.2, -0.15) is 0 Å². The average molecular weight is 256 g/mol. The van der Waals surface area contributed by atoms with Crippen LogP contribution in [0.1, 0.15) is 0 Å². The van der Waals surface area contributed by atoms with Crippen molar-refractivity contribution in [1.29, 1.82) is 0 Å². The van der Waals surface area contributed by atoms with E-state index in [4.69, 9.17) is 0 Å². The molecule has 1 heterocycles. The molecule has 1 rings (SSSR count). The minimum Gasteiger partial charge on any atom is -0.352 e. The lowest BCUT2D eigenvalue weighted by Gasteiger charge is -2.03. The normalized spacial score (nSPS) is 10.2. The first kappa shape index (κ1) is 13.7. The van der Waals surface area contributed by atoms with Crippen molar-refractivity contribution in [1.82, 2.24) is 30.8 Å². The Morgan fingerprint density at radius 2 is 2.47 bits per heavy atom. The molecule has 94 valence electrons. The summed E-state index contributed by atoms with van der Waals surface area (Å²) in [4.78, 5) is 11.4. The van der Waals surface area contributed by atoms with E-state index in [0.29, 0.717) is 24.0 Å². The minimum atomic E-state index is -0.0573. The van der Waals surface area contributed by atoms with Crippen molar-refractivity contribution in [2.75, 3.05) is 25.9 Å². The highest BCUT2D eigenvalue weighted by Gasteiger charge is 2.08. The second kappa shape index (κ2) is 7.80. The molecular weight excluding hydrogens is 240 g/mol. The third-order valence-corrected chi connectivity index (χ3v) is 2.81. The Labute approximate surface area is 104 Å². The Kier molecular flexibility index (Phi) is 6.26.